The Morgan fingerprint density at radius 2 is 1.53 bits per heavy atom. The number of carbonyl (C=O) groups excluding carboxylic acids is 2. The van der Waals surface area contributed by atoms with Crippen molar-refractivity contribution < 1.29 is 28.0 Å². The minimum atomic E-state index is -2.40. The summed E-state index contributed by atoms with van der Waals surface area (Å²) in [6.45, 7) is 12.2. The molecule has 45 heavy (non-hydrogen) atoms. The van der Waals surface area contributed by atoms with Gasteiger partial charge in [-0.2, -0.15) is 0 Å². The molecule has 6 rings (SSSR count). The van der Waals surface area contributed by atoms with E-state index in [1.807, 2.05) is 35.0 Å². The normalized spacial score (nSPS) is 27.6. The van der Waals surface area contributed by atoms with E-state index in [9.17, 15) is 9.59 Å². The van der Waals surface area contributed by atoms with Gasteiger partial charge in [0.2, 0.25) is 5.60 Å². The molecule has 242 valence electrons. The molecule has 6 nitrogen and oxygen atoms in total. The predicted octanol–water partition coefficient (Wildman–Crippen LogP) is 7.51. The topological polar surface area (TPSA) is 65.1 Å². The Bertz CT molecular complexity index is 1410. The van der Waals surface area contributed by atoms with Crippen LogP contribution in [0.25, 0.3) is 0 Å². The summed E-state index contributed by atoms with van der Waals surface area (Å²) in [4.78, 5) is 27.2. The average molecular weight is 667 g/mol. The number of benzene rings is 1. The third-order valence-corrected chi connectivity index (χ3v) is 17.4. The maximum absolute atomic E-state index is 14.7. The Morgan fingerprint density at radius 3 is 2.04 bits per heavy atom. The molecule has 3 saturated heterocycles. The lowest BCUT2D eigenvalue weighted by Crippen LogP contribution is -2.63. The van der Waals surface area contributed by atoms with E-state index in [-0.39, 0.29) is 29.3 Å². The molecule has 0 saturated carbocycles. The van der Waals surface area contributed by atoms with Crippen LogP contribution in [0.3, 0.4) is 0 Å². The smallest absolute Gasteiger partial charge is 0.348 e. The number of carbonyl (C=O) groups is 2. The first-order valence-electron chi connectivity index (χ1n) is 16.4. The molecule has 2 bridgehead atoms. The van der Waals surface area contributed by atoms with Crippen molar-refractivity contribution in [3.05, 3.63) is 80.2 Å². The summed E-state index contributed by atoms with van der Waals surface area (Å²) in [6, 6.07) is 17.2. The number of fused-ring (bicyclic) bond motifs is 5. The van der Waals surface area contributed by atoms with Crippen LogP contribution in [-0.2, 0) is 41.9 Å². The summed E-state index contributed by atoms with van der Waals surface area (Å²) in [7, 11) is 0.00468. The van der Waals surface area contributed by atoms with Gasteiger partial charge in [0.15, 0.2) is 8.32 Å². The molecule has 4 atom stereocenters. The zero-order chi connectivity index (χ0) is 32.0. The fourth-order valence-corrected chi connectivity index (χ4v) is 10.7. The number of aldehydes is 1. The second-order valence-electron chi connectivity index (χ2n) is 14.9. The van der Waals surface area contributed by atoms with Crippen LogP contribution in [0.2, 0.25) is 18.1 Å². The Morgan fingerprint density at radius 1 is 0.956 bits per heavy atom. The van der Waals surface area contributed by atoms with Gasteiger partial charge in [0.1, 0.15) is 36.7 Å². The van der Waals surface area contributed by atoms with Gasteiger partial charge in [0.25, 0.3) is 0 Å². The van der Waals surface area contributed by atoms with Gasteiger partial charge < -0.3 is 23.2 Å². The van der Waals surface area contributed by atoms with Gasteiger partial charge in [-0.1, -0.05) is 57.2 Å². The lowest BCUT2D eigenvalue weighted by molar-refractivity contribution is -0.956. The van der Waals surface area contributed by atoms with E-state index in [1.165, 1.54) is 5.56 Å². The molecule has 0 spiro atoms. The third kappa shape index (κ3) is 6.16. The highest BCUT2D eigenvalue weighted by Crippen LogP contribution is 2.54. The fourth-order valence-electron chi connectivity index (χ4n) is 7.40. The van der Waals surface area contributed by atoms with Gasteiger partial charge in [-0.15, -0.1) is 22.7 Å². The molecule has 0 amide bonds. The van der Waals surface area contributed by atoms with Crippen molar-refractivity contribution in [2.45, 2.75) is 113 Å². The summed E-state index contributed by atoms with van der Waals surface area (Å²) >= 11 is 3.14. The highest BCUT2D eigenvalue weighted by atomic mass is 32.1. The van der Waals surface area contributed by atoms with Gasteiger partial charge in [0, 0.05) is 19.3 Å². The summed E-state index contributed by atoms with van der Waals surface area (Å²) < 4.78 is 21.0. The highest BCUT2D eigenvalue weighted by Gasteiger charge is 2.72. The molecule has 5 heterocycles. The number of aryl methyl sites for hydroxylation is 1. The number of unbranched alkanes of at least 4 members (excludes halogenated alkanes) is 1. The minimum absolute atomic E-state index is 0.0747. The number of nitrogens with zero attached hydrogens (tertiary/aromatic N) is 1. The molecular weight excluding hydrogens is 619 g/mol. The van der Waals surface area contributed by atoms with Crippen LogP contribution in [0.5, 0.6) is 0 Å². The maximum Gasteiger partial charge on any atom is 0.348 e. The SMILES string of the molecule is CC(C)(C)[Si](C)(C)OC(C(=O)OC1CC2C3OC3C(C1)[N+]2(C)CCCCc1ccc(CC=O)cc1)(c1cccs1)c1cccs1. The Kier molecular flexibility index (Phi) is 9.08. The molecule has 9 heteroatoms. The second-order valence-corrected chi connectivity index (χ2v) is 21.5. The number of hydrogen-bond donors (Lipinski definition) is 0. The number of epoxide rings is 1. The number of hydrogen-bond acceptors (Lipinski definition) is 7. The lowest BCUT2D eigenvalue weighted by atomic mass is 9.93. The minimum Gasteiger partial charge on any atom is -0.459 e. The monoisotopic (exact) mass is 666 g/mol. The van der Waals surface area contributed by atoms with Crippen LogP contribution in [-0.4, -0.2) is 69.0 Å². The van der Waals surface area contributed by atoms with Gasteiger partial charge >= 0.3 is 5.97 Å². The number of quaternary nitrogens is 1. The first-order valence-corrected chi connectivity index (χ1v) is 21.1. The Labute approximate surface area is 277 Å². The zero-order valence-electron chi connectivity index (χ0n) is 27.5. The highest BCUT2D eigenvalue weighted by molar-refractivity contribution is 7.12. The van der Waals surface area contributed by atoms with E-state index in [2.05, 4.69) is 65.2 Å². The van der Waals surface area contributed by atoms with E-state index >= 15 is 0 Å². The van der Waals surface area contributed by atoms with Crippen LogP contribution in [0.15, 0.2) is 59.3 Å². The van der Waals surface area contributed by atoms with Crippen LogP contribution in [0.1, 0.15) is 67.3 Å². The number of rotatable bonds is 13. The quantitative estimate of drug-likeness (QED) is 0.0472. The van der Waals surface area contributed by atoms with Gasteiger partial charge in [0.05, 0.1) is 23.3 Å². The summed E-state index contributed by atoms with van der Waals surface area (Å²) in [5, 5.41) is 3.98. The van der Waals surface area contributed by atoms with Crippen molar-refractivity contribution >= 4 is 43.2 Å². The summed E-state index contributed by atoms with van der Waals surface area (Å²) in [6.07, 6.45) is 6.80. The fraction of sp³-hybridized carbons (Fsp3) is 0.556. The summed E-state index contributed by atoms with van der Waals surface area (Å²) in [5.41, 5.74) is 1.14. The molecule has 3 aromatic rings. The van der Waals surface area contributed by atoms with E-state index in [1.54, 1.807) is 22.7 Å². The number of likely N-dealkylation sites (N-methyl/N-ethyl adjacent to an activating group) is 1. The number of morpholine rings is 1. The van der Waals surface area contributed by atoms with Crippen LogP contribution < -0.4 is 0 Å². The molecule has 2 aromatic heterocycles. The molecule has 3 aliphatic heterocycles. The molecule has 4 unspecified atom stereocenters. The molecule has 0 radical (unpaired) electrons. The van der Waals surface area contributed by atoms with Gasteiger partial charge in [-0.3, -0.25) is 0 Å². The average Bonchev–Trinajstić information content (AvgIpc) is 3.29. The van der Waals surface area contributed by atoms with E-state index in [4.69, 9.17) is 13.9 Å². The van der Waals surface area contributed by atoms with Gasteiger partial charge in [-0.25, -0.2) is 4.79 Å². The standard InChI is InChI=1S/C36H48NO5S2Si/c1-35(2,3)45(5,6)42-36(30-12-9-21-43-30,31-13-10-22-44-31)34(39)40-27-23-28-32-33(41-32)29(24-27)37(28,4)19-8-7-11-25-14-16-26(17-15-25)18-20-38/h9-10,12-17,20-22,27-29,32-33H,7-8,11,18-19,23-24H2,1-6H3/q+1. The van der Waals surface area contributed by atoms with Crippen LogP contribution in [0, 0.1) is 0 Å². The van der Waals surface area contributed by atoms with Crippen molar-refractivity contribution in [2.24, 2.45) is 0 Å². The van der Waals surface area contributed by atoms with Crippen molar-refractivity contribution in [3.8, 4) is 0 Å². The van der Waals surface area contributed by atoms with Gasteiger partial charge in [-0.05, 0) is 71.4 Å². The van der Waals surface area contributed by atoms with Crippen molar-refractivity contribution in [3.63, 3.8) is 0 Å². The maximum atomic E-state index is 14.7. The number of ether oxygens (including phenoxy) is 2. The molecule has 1 aromatic carbocycles. The summed E-state index contributed by atoms with van der Waals surface area (Å²) in [5.74, 6) is -0.272. The first-order chi connectivity index (χ1) is 21.4. The second kappa shape index (κ2) is 12.5. The Balaban J connectivity index is 1.16. The van der Waals surface area contributed by atoms with Crippen LogP contribution >= 0.6 is 22.7 Å². The number of thiophene rings is 2. The van der Waals surface area contributed by atoms with Crippen molar-refractivity contribution in [1.82, 2.24) is 0 Å². The van der Waals surface area contributed by atoms with Crippen molar-refractivity contribution in [2.75, 3.05) is 13.6 Å². The first kappa shape index (κ1) is 32.8. The largest absolute Gasteiger partial charge is 0.459 e. The lowest BCUT2D eigenvalue weighted by Gasteiger charge is -2.49. The van der Waals surface area contributed by atoms with E-state index in [0.29, 0.717) is 18.5 Å². The van der Waals surface area contributed by atoms with Crippen molar-refractivity contribution in [1.29, 1.82) is 0 Å². The number of piperidine rings is 1. The molecule has 3 aliphatic rings. The van der Waals surface area contributed by atoms with E-state index in [0.717, 1.165) is 64.7 Å². The predicted molar refractivity (Wildman–Crippen MR) is 183 cm³/mol. The molecular formula is C36H48NO5S2Si+. The van der Waals surface area contributed by atoms with Crippen LogP contribution in [0.4, 0.5) is 0 Å². The molecule has 0 aliphatic carbocycles. The molecule has 3 fully saturated rings. The molecule has 0 N–H and O–H groups in total. The zero-order valence-corrected chi connectivity index (χ0v) is 30.1. The third-order valence-electron chi connectivity index (χ3n) is 11.1. The number of esters is 1. The Hall–Kier alpha value is -2.14. The van der Waals surface area contributed by atoms with E-state index < -0.39 is 13.9 Å².